The summed E-state index contributed by atoms with van der Waals surface area (Å²) in [6, 6.07) is 9.02. The van der Waals surface area contributed by atoms with Crippen molar-refractivity contribution in [3.8, 4) is 5.75 Å². The monoisotopic (exact) mass is 248 g/mol. The van der Waals surface area contributed by atoms with Crippen molar-refractivity contribution in [1.29, 1.82) is 0 Å². The number of rotatable bonds is 4. The molecule has 3 nitrogen and oxygen atoms in total. The average Bonchev–Trinajstić information content (AvgIpc) is 2.39. The van der Waals surface area contributed by atoms with Crippen LogP contribution in [0.2, 0.25) is 0 Å². The van der Waals surface area contributed by atoms with Crippen LogP contribution in [0.25, 0.3) is 0 Å². The molecule has 0 bridgehead atoms. The predicted octanol–water partition coefficient (Wildman–Crippen LogP) is 2.57. The molecule has 0 spiro atoms. The minimum absolute atomic E-state index is 0.320. The molecule has 1 aromatic carbocycles. The summed E-state index contributed by atoms with van der Waals surface area (Å²) in [5.74, 6) is 1.01. The van der Waals surface area contributed by atoms with Gasteiger partial charge in [0.05, 0.1) is 6.61 Å². The highest BCUT2D eigenvalue weighted by Gasteiger charge is 2.23. The van der Waals surface area contributed by atoms with Crippen LogP contribution >= 0.6 is 0 Å². The molecule has 0 amide bonds. The Morgan fingerprint density at radius 1 is 1.44 bits per heavy atom. The molecule has 0 saturated carbocycles. The molecule has 0 aromatic heterocycles. The fourth-order valence-electron chi connectivity index (χ4n) is 2.70. The lowest BCUT2D eigenvalue weighted by Crippen LogP contribution is -2.43. The quantitative estimate of drug-likeness (QED) is 0.890. The second-order valence-electron chi connectivity index (χ2n) is 5.04. The smallest absolute Gasteiger partial charge is 0.124 e. The number of hydrogen-bond acceptors (Lipinski definition) is 3. The van der Waals surface area contributed by atoms with Gasteiger partial charge in [0.1, 0.15) is 5.75 Å². The maximum Gasteiger partial charge on any atom is 0.124 e. The first kappa shape index (κ1) is 13.4. The van der Waals surface area contributed by atoms with Gasteiger partial charge in [0.15, 0.2) is 0 Å². The normalized spacial score (nSPS) is 22.7. The topological polar surface area (TPSA) is 38.5 Å². The first-order chi connectivity index (χ1) is 8.72. The molecular weight excluding hydrogens is 224 g/mol. The molecule has 0 aliphatic carbocycles. The van der Waals surface area contributed by atoms with Crippen LogP contribution in [0.3, 0.4) is 0 Å². The van der Waals surface area contributed by atoms with Crippen LogP contribution < -0.4 is 10.5 Å². The van der Waals surface area contributed by atoms with Crippen molar-refractivity contribution >= 4 is 0 Å². The fraction of sp³-hybridized carbons (Fsp3) is 0.600. The minimum atomic E-state index is 0.320. The third-order valence-corrected chi connectivity index (χ3v) is 3.71. The van der Waals surface area contributed by atoms with E-state index in [1.165, 1.54) is 12.0 Å². The first-order valence-electron chi connectivity index (χ1n) is 6.93. The van der Waals surface area contributed by atoms with Gasteiger partial charge in [-0.3, -0.25) is 4.90 Å². The van der Waals surface area contributed by atoms with Crippen molar-refractivity contribution < 1.29 is 4.74 Å². The van der Waals surface area contributed by atoms with E-state index in [0.29, 0.717) is 18.7 Å². The molecule has 18 heavy (non-hydrogen) atoms. The SMILES string of the molecule is CCOc1ccccc1C(C)N1CCCC(N)C1. The number of likely N-dealkylation sites (tertiary alicyclic amines) is 1. The van der Waals surface area contributed by atoms with E-state index in [4.69, 9.17) is 10.5 Å². The summed E-state index contributed by atoms with van der Waals surface area (Å²) in [4.78, 5) is 2.46. The van der Waals surface area contributed by atoms with Crippen LogP contribution in [-0.4, -0.2) is 30.6 Å². The van der Waals surface area contributed by atoms with Crippen molar-refractivity contribution in [2.75, 3.05) is 19.7 Å². The summed E-state index contributed by atoms with van der Waals surface area (Å²) < 4.78 is 5.72. The fourth-order valence-corrected chi connectivity index (χ4v) is 2.70. The number of piperidine rings is 1. The van der Waals surface area contributed by atoms with E-state index >= 15 is 0 Å². The highest BCUT2D eigenvalue weighted by Crippen LogP contribution is 2.30. The minimum Gasteiger partial charge on any atom is -0.494 e. The van der Waals surface area contributed by atoms with Gasteiger partial charge >= 0.3 is 0 Å². The molecule has 2 unspecified atom stereocenters. The lowest BCUT2D eigenvalue weighted by Gasteiger charge is -2.36. The Morgan fingerprint density at radius 3 is 2.94 bits per heavy atom. The molecule has 2 N–H and O–H groups in total. The largest absolute Gasteiger partial charge is 0.494 e. The first-order valence-corrected chi connectivity index (χ1v) is 6.93. The standard InChI is InChI=1S/C15H24N2O/c1-3-18-15-9-5-4-8-14(15)12(2)17-10-6-7-13(16)11-17/h4-5,8-9,12-13H,3,6-7,10-11,16H2,1-2H3. The molecule has 1 aliphatic rings. The van der Waals surface area contributed by atoms with Crippen molar-refractivity contribution in [2.24, 2.45) is 5.73 Å². The molecular formula is C15H24N2O. The molecule has 1 aliphatic heterocycles. The van der Waals surface area contributed by atoms with Crippen LogP contribution in [-0.2, 0) is 0 Å². The van der Waals surface area contributed by atoms with Crippen LogP contribution in [0, 0.1) is 0 Å². The van der Waals surface area contributed by atoms with E-state index in [2.05, 4.69) is 30.0 Å². The van der Waals surface area contributed by atoms with Crippen LogP contribution in [0.4, 0.5) is 0 Å². The van der Waals surface area contributed by atoms with Gasteiger partial charge < -0.3 is 10.5 Å². The van der Waals surface area contributed by atoms with Gasteiger partial charge in [-0.15, -0.1) is 0 Å². The summed E-state index contributed by atoms with van der Waals surface area (Å²) in [6.07, 6.45) is 2.35. The maximum absolute atomic E-state index is 6.06. The number of para-hydroxylation sites is 1. The van der Waals surface area contributed by atoms with Gasteiger partial charge in [0.25, 0.3) is 0 Å². The van der Waals surface area contributed by atoms with E-state index in [0.717, 1.165) is 25.3 Å². The van der Waals surface area contributed by atoms with Gasteiger partial charge in [-0.1, -0.05) is 18.2 Å². The highest BCUT2D eigenvalue weighted by atomic mass is 16.5. The molecule has 2 rings (SSSR count). The number of nitrogens with zero attached hydrogens (tertiary/aromatic N) is 1. The Balaban J connectivity index is 2.14. The van der Waals surface area contributed by atoms with Gasteiger partial charge in [-0.25, -0.2) is 0 Å². The van der Waals surface area contributed by atoms with Crippen LogP contribution in [0.1, 0.15) is 38.3 Å². The number of benzene rings is 1. The molecule has 1 aromatic rings. The Hall–Kier alpha value is -1.06. The highest BCUT2D eigenvalue weighted by molar-refractivity contribution is 5.35. The Kier molecular flexibility index (Phi) is 4.61. The van der Waals surface area contributed by atoms with Crippen molar-refractivity contribution in [3.63, 3.8) is 0 Å². The Bertz CT molecular complexity index is 381. The lowest BCUT2D eigenvalue weighted by molar-refractivity contribution is 0.156. The van der Waals surface area contributed by atoms with E-state index in [1.807, 2.05) is 13.0 Å². The molecule has 1 heterocycles. The summed E-state index contributed by atoms with van der Waals surface area (Å²) in [5, 5.41) is 0. The van der Waals surface area contributed by atoms with E-state index in [-0.39, 0.29) is 0 Å². The van der Waals surface area contributed by atoms with Crippen molar-refractivity contribution in [3.05, 3.63) is 29.8 Å². The summed E-state index contributed by atoms with van der Waals surface area (Å²) in [7, 11) is 0. The predicted molar refractivity (Wildman–Crippen MR) is 74.8 cm³/mol. The summed E-state index contributed by atoms with van der Waals surface area (Å²) >= 11 is 0. The number of ether oxygens (including phenoxy) is 1. The van der Waals surface area contributed by atoms with Gasteiger partial charge in [-0.2, -0.15) is 0 Å². The second kappa shape index (κ2) is 6.21. The zero-order valence-electron chi connectivity index (χ0n) is 11.4. The zero-order chi connectivity index (χ0) is 13.0. The molecule has 1 fully saturated rings. The molecule has 1 saturated heterocycles. The average molecular weight is 248 g/mol. The third-order valence-electron chi connectivity index (χ3n) is 3.71. The van der Waals surface area contributed by atoms with Gasteiger partial charge in [0, 0.05) is 24.2 Å². The molecule has 3 heteroatoms. The summed E-state index contributed by atoms with van der Waals surface area (Å²) in [6.45, 7) is 7.11. The lowest BCUT2D eigenvalue weighted by atomic mass is 10.0. The Morgan fingerprint density at radius 2 is 2.22 bits per heavy atom. The van der Waals surface area contributed by atoms with E-state index < -0.39 is 0 Å². The second-order valence-corrected chi connectivity index (χ2v) is 5.04. The van der Waals surface area contributed by atoms with Crippen LogP contribution in [0.5, 0.6) is 5.75 Å². The third kappa shape index (κ3) is 3.03. The number of nitrogens with two attached hydrogens (primary N) is 1. The van der Waals surface area contributed by atoms with Crippen LogP contribution in [0.15, 0.2) is 24.3 Å². The van der Waals surface area contributed by atoms with Crippen molar-refractivity contribution in [1.82, 2.24) is 4.90 Å². The Labute approximate surface area is 110 Å². The summed E-state index contributed by atoms with van der Waals surface area (Å²) in [5.41, 5.74) is 7.34. The van der Waals surface area contributed by atoms with E-state index in [1.54, 1.807) is 0 Å². The van der Waals surface area contributed by atoms with Gasteiger partial charge in [-0.05, 0) is 39.3 Å². The molecule has 0 radical (unpaired) electrons. The number of hydrogen-bond donors (Lipinski definition) is 1. The molecule has 2 atom stereocenters. The maximum atomic E-state index is 6.06. The molecule has 100 valence electrons. The van der Waals surface area contributed by atoms with Crippen molar-refractivity contribution in [2.45, 2.75) is 38.8 Å². The van der Waals surface area contributed by atoms with E-state index in [9.17, 15) is 0 Å². The zero-order valence-corrected chi connectivity index (χ0v) is 11.4. The van der Waals surface area contributed by atoms with Gasteiger partial charge in [0.2, 0.25) is 0 Å².